The second kappa shape index (κ2) is 4.45. The van der Waals surface area contributed by atoms with Crippen LogP contribution in [-0.2, 0) is 0 Å². The summed E-state index contributed by atoms with van der Waals surface area (Å²) >= 11 is 11.9. The lowest BCUT2D eigenvalue weighted by molar-refractivity contribution is 0.124. The van der Waals surface area contributed by atoms with Crippen molar-refractivity contribution in [3.05, 3.63) is 16.1 Å². The van der Waals surface area contributed by atoms with Gasteiger partial charge in [-0.3, -0.25) is 0 Å². The third-order valence-corrected chi connectivity index (χ3v) is 2.10. The SMILES string of the molecule is CNc1nc(OC(C)(C)C)c(Cl)cc1Cl. The predicted molar refractivity (Wildman–Crippen MR) is 64.2 cm³/mol. The predicted octanol–water partition coefficient (Wildman–Crippen LogP) is 3.61. The summed E-state index contributed by atoms with van der Waals surface area (Å²) in [6, 6.07) is 1.61. The van der Waals surface area contributed by atoms with E-state index in [4.69, 9.17) is 27.9 Å². The van der Waals surface area contributed by atoms with Crippen LogP contribution in [0.5, 0.6) is 5.88 Å². The van der Waals surface area contributed by atoms with Crippen LogP contribution in [0.2, 0.25) is 10.0 Å². The molecule has 0 aliphatic carbocycles. The van der Waals surface area contributed by atoms with E-state index in [1.165, 1.54) is 0 Å². The molecule has 0 aromatic carbocycles. The summed E-state index contributed by atoms with van der Waals surface area (Å²) in [5.74, 6) is 0.943. The summed E-state index contributed by atoms with van der Waals surface area (Å²) < 4.78 is 5.59. The Morgan fingerprint density at radius 3 is 2.33 bits per heavy atom. The number of anilines is 1. The molecule has 0 fully saturated rings. The van der Waals surface area contributed by atoms with E-state index in [0.29, 0.717) is 21.7 Å². The number of nitrogens with one attached hydrogen (secondary N) is 1. The highest BCUT2D eigenvalue weighted by molar-refractivity contribution is 6.36. The zero-order valence-corrected chi connectivity index (χ0v) is 10.7. The van der Waals surface area contributed by atoms with E-state index in [1.807, 2.05) is 20.8 Å². The van der Waals surface area contributed by atoms with Gasteiger partial charge < -0.3 is 10.1 Å². The Morgan fingerprint density at radius 1 is 1.27 bits per heavy atom. The Kier molecular flexibility index (Phi) is 3.68. The molecule has 0 saturated heterocycles. The third kappa shape index (κ3) is 3.43. The van der Waals surface area contributed by atoms with Gasteiger partial charge in [-0.05, 0) is 26.8 Å². The van der Waals surface area contributed by atoms with E-state index < -0.39 is 0 Å². The fourth-order valence-corrected chi connectivity index (χ4v) is 1.48. The van der Waals surface area contributed by atoms with E-state index in [2.05, 4.69) is 10.3 Å². The van der Waals surface area contributed by atoms with Crippen molar-refractivity contribution in [3.8, 4) is 5.88 Å². The molecule has 0 bridgehead atoms. The smallest absolute Gasteiger partial charge is 0.235 e. The van der Waals surface area contributed by atoms with Crippen LogP contribution < -0.4 is 10.1 Å². The Hall–Kier alpha value is -0.670. The average Bonchev–Trinajstić information content (AvgIpc) is 2.07. The quantitative estimate of drug-likeness (QED) is 0.869. The highest BCUT2D eigenvalue weighted by atomic mass is 35.5. The van der Waals surface area contributed by atoms with Gasteiger partial charge in [0.25, 0.3) is 0 Å². The van der Waals surface area contributed by atoms with Gasteiger partial charge in [-0.25, -0.2) is 0 Å². The van der Waals surface area contributed by atoms with E-state index >= 15 is 0 Å². The first-order valence-corrected chi connectivity index (χ1v) is 5.32. The van der Waals surface area contributed by atoms with Crippen LogP contribution in [-0.4, -0.2) is 17.6 Å². The van der Waals surface area contributed by atoms with Crippen LogP contribution in [0.25, 0.3) is 0 Å². The van der Waals surface area contributed by atoms with Crippen LogP contribution in [0, 0.1) is 0 Å². The molecule has 1 heterocycles. The van der Waals surface area contributed by atoms with Crippen molar-refractivity contribution >= 4 is 29.0 Å². The van der Waals surface area contributed by atoms with Gasteiger partial charge in [-0.2, -0.15) is 4.98 Å². The number of halogens is 2. The number of rotatable bonds is 2. The summed E-state index contributed by atoms with van der Waals surface area (Å²) in [6.07, 6.45) is 0. The average molecular weight is 249 g/mol. The maximum absolute atomic E-state index is 5.96. The minimum atomic E-state index is -0.338. The van der Waals surface area contributed by atoms with Crippen molar-refractivity contribution in [1.29, 1.82) is 0 Å². The maximum atomic E-state index is 5.96. The van der Waals surface area contributed by atoms with Crippen LogP contribution in [0.15, 0.2) is 6.07 Å². The number of pyridine rings is 1. The van der Waals surface area contributed by atoms with E-state index in [9.17, 15) is 0 Å². The number of hydrogen-bond donors (Lipinski definition) is 1. The Balaban J connectivity index is 3.08. The number of hydrogen-bond acceptors (Lipinski definition) is 3. The Morgan fingerprint density at radius 2 is 1.87 bits per heavy atom. The highest BCUT2D eigenvalue weighted by Gasteiger charge is 2.17. The molecule has 1 aromatic heterocycles. The first-order valence-electron chi connectivity index (χ1n) is 4.56. The van der Waals surface area contributed by atoms with Crippen molar-refractivity contribution in [3.63, 3.8) is 0 Å². The molecule has 0 aliphatic rings. The van der Waals surface area contributed by atoms with Crippen LogP contribution in [0.3, 0.4) is 0 Å². The number of nitrogens with zero attached hydrogens (tertiary/aromatic N) is 1. The minimum Gasteiger partial charge on any atom is -0.471 e. The van der Waals surface area contributed by atoms with Crippen molar-refractivity contribution in [2.45, 2.75) is 26.4 Å². The Labute approximate surface area is 99.7 Å². The second-order valence-corrected chi connectivity index (χ2v) is 4.88. The van der Waals surface area contributed by atoms with Gasteiger partial charge in [0.1, 0.15) is 16.4 Å². The molecule has 0 amide bonds. The van der Waals surface area contributed by atoms with E-state index in [-0.39, 0.29) is 5.60 Å². The zero-order valence-electron chi connectivity index (χ0n) is 9.19. The third-order valence-electron chi connectivity index (χ3n) is 1.54. The fourth-order valence-electron chi connectivity index (χ4n) is 0.987. The van der Waals surface area contributed by atoms with Crippen molar-refractivity contribution in [2.75, 3.05) is 12.4 Å². The largest absolute Gasteiger partial charge is 0.471 e. The van der Waals surface area contributed by atoms with Crippen LogP contribution in [0.1, 0.15) is 20.8 Å². The summed E-state index contributed by atoms with van der Waals surface area (Å²) in [5.41, 5.74) is -0.338. The van der Waals surface area contributed by atoms with Crippen molar-refractivity contribution < 1.29 is 4.74 Å². The summed E-state index contributed by atoms with van der Waals surface area (Å²) in [6.45, 7) is 5.79. The van der Waals surface area contributed by atoms with Crippen molar-refractivity contribution in [1.82, 2.24) is 4.98 Å². The van der Waals surface area contributed by atoms with Gasteiger partial charge in [0.15, 0.2) is 0 Å². The monoisotopic (exact) mass is 248 g/mol. The lowest BCUT2D eigenvalue weighted by Gasteiger charge is -2.21. The topological polar surface area (TPSA) is 34.2 Å². The standard InChI is InChI=1S/C10H14Cl2N2O/c1-10(2,3)15-9-7(12)5-6(11)8(13-4)14-9/h5H,1-4H3,(H,13,14). The van der Waals surface area contributed by atoms with Gasteiger partial charge in [0.2, 0.25) is 5.88 Å². The minimum absolute atomic E-state index is 0.338. The number of ether oxygens (including phenoxy) is 1. The van der Waals surface area contributed by atoms with Gasteiger partial charge in [0, 0.05) is 7.05 Å². The molecular weight excluding hydrogens is 235 g/mol. The molecule has 0 unspecified atom stereocenters. The molecule has 0 saturated carbocycles. The lowest BCUT2D eigenvalue weighted by Crippen LogP contribution is -2.23. The molecule has 0 atom stereocenters. The molecule has 1 aromatic rings. The van der Waals surface area contributed by atoms with Crippen molar-refractivity contribution in [2.24, 2.45) is 0 Å². The lowest BCUT2D eigenvalue weighted by atomic mass is 10.2. The molecule has 3 nitrogen and oxygen atoms in total. The van der Waals surface area contributed by atoms with E-state index in [0.717, 1.165) is 0 Å². The normalized spacial score (nSPS) is 11.3. The van der Waals surface area contributed by atoms with Gasteiger partial charge in [0.05, 0.1) is 5.02 Å². The van der Waals surface area contributed by atoms with Crippen LogP contribution in [0.4, 0.5) is 5.82 Å². The second-order valence-electron chi connectivity index (χ2n) is 4.07. The van der Waals surface area contributed by atoms with E-state index in [1.54, 1.807) is 13.1 Å². The fraction of sp³-hybridized carbons (Fsp3) is 0.500. The number of aromatic nitrogens is 1. The molecule has 0 aliphatic heterocycles. The molecule has 15 heavy (non-hydrogen) atoms. The molecule has 1 rings (SSSR count). The molecular formula is C10H14Cl2N2O. The molecule has 1 N–H and O–H groups in total. The Bertz CT molecular complexity index is 361. The molecule has 0 spiro atoms. The maximum Gasteiger partial charge on any atom is 0.235 e. The zero-order chi connectivity index (χ0) is 11.6. The summed E-state index contributed by atoms with van der Waals surface area (Å²) in [7, 11) is 1.74. The van der Waals surface area contributed by atoms with Gasteiger partial charge in [-0.1, -0.05) is 23.2 Å². The summed E-state index contributed by atoms with van der Waals surface area (Å²) in [5, 5.41) is 3.75. The van der Waals surface area contributed by atoms with Gasteiger partial charge in [-0.15, -0.1) is 0 Å². The highest BCUT2D eigenvalue weighted by Crippen LogP contribution is 2.32. The van der Waals surface area contributed by atoms with Crippen LogP contribution >= 0.6 is 23.2 Å². The first-order chi connectivity index (χ1) is 6.83. The molecule has 0 radical (unpaired) electrons. The van der Waals surface area contributed by atoms with Gasteiger partial charge >= 0.3 is 0 Å². The first kappa shape index (κ1) is 12.4. The molecule has 5 heteroatoms. The summed E-state index contributed by atoms with van der Waals surface area (Å²) in [4.78, 5) is 4.18. The molecule has 84 valence electrons.